The third kappa shape index (κ3) is 4.25. The van der Waals surface area contributed by atoms with Crippen molar-refractivity contribution in [2.45, 2.75) is 23.8 Å². The van der Waals surface area contributed by atoms with Gasteiger partial charge < -0.3 is 9.88 Å². The van der Waals surface area contributed by atoms with E-state index in [1.807, 2.05) is 24.3 Å². The molecule has 0 radical (unpaired) electrons. The lowest BCUT2D eigenvalue weighted by molar-refractivity contribution is -0.117. The lowest BCUT2D eigenvalue weighted by Crippen LogP contribution is -2.33. The molecular weight excluding hydrogens is 332 g/mol. The molecule has 5 nitrogen and oxygen atoms in total. The number of nitriles is 1. The smallest absolute Gasteiger partial charge is 0.238 e. The maximum absolute atomic E-state index is 12.6. The van der Waals surface area contributed by atoms with Gasteiger partial charge in [0.2, 0.25) is 5.91 Å². The summed E-state index contributed by atoms with van der Waals surface area (Å²) in [5, 5.41) is 11.8. The average molecular weight is 354 g/mol. The van der Waals surface area contributed by atoms with Gasteiger partial charge in [-0.25, -0.2) is 0 Å². The molecule has 1 saturated heterocycles. The standard InChI is InChI=1S/C19H22N4OS/c1-22-11-4-7-16(22)17-8-5-12-23(17)14-19(24)21-15-6-2-3-9-18(15)25-13-10-20/h2-4,6-7,9,11,17H,5,8,12-14H2,1H3,(H,21,24)/t17-/m1/s1. The maximum Gasteiger partial charge on any atom is 0.238 e. The van der Waals surface area contributed by atoms with Crippen molar-refractivity contribution in [1.29, 1.82) is 5.26 Å². The quantitative estimate of drug-likeness (QED) is 0.808. The molecule has 2 aromatic rings. The molecule has 0 spiro atoms. The SMILES string of the molecule is Cn1cccc1[C@H]1CCCN1CC(=O)Nc1ccccc1SCC#N. The van der Waals surface area contributed by atoms with Crippen LogP contribution in [0.25, 0.3) is 0 Å². The van der Waals surface area contributed by atoms with Crippen molar-refractivity contribution >= 4 is 23.4 Å². The van der Waals surface area contributed by atoms with Crippen LogP contribution >= 0.6 is 11.8 Å². The fourth-order valence-corrected chi connectivity index (χ4v) is 4.02. The van der Waals surface area contributed by atoms with Crippen molar-refractivity contribution in [2.75, 3.05) is 24.2 Å². The van der Waals surface area contributed by atoms with Gasteiger partial charge in [0.1, 0.15) is 0 Å². The molecular formula is C19H22N4OS. The van der Waals surface area contributed by atoms with Gasteiger partial charge in [0.15, 0.2) is 0 Å². The third-order valence-electron chi connectivity index (χ3n) is 4.49. The number of carbonyl (C=O) groups is 1. The molecule has 3 rings (SSSR count). The molecule has 130 valence electrons. The van der Waals surface area contributed by atoms with Gasteiger partial charge >= 0.3 is 0 Å². The minimum absolute atomic E-state index is 0.00823. The summed E-state index contributed by atoms with van der Waals surface area (Å²) in [6.07, 6.45) is 4.24. The Morgan fingerprint density at radius 1 is 1.36 bits per heavy atom. The summed E-state index contributed by atoms with van der Waals surface area (Å²) in [7, 11) is 2.05. The summed E-state index contributed by atoms with van der Waals surface area (Å²) in [5.41, 5.74) is 2.04. The number of nitrogens with zero attached hydrogens (tertiary/aromatic N) is 3. The first-order valence-electron chi connectivity index (χ1n) is 8.43. The van der Waals surface area contributed by atoms with Crippen molar-refractivity contribution in [2.24, 2.45) is 7.05 Å². The molecule has 1 aromatic carbocycles. The van der Waals surface area contributed by atoms with Gasteiger partial charge in [-0.05, 0) is 43.7 Å². The molecule has 0 aliphatic carbocycles. The van der Waals surface area contributed by atoms with Crippen LogP contribution in [0.3, 0.4) is 0 Å². The maximum atomic E-state index is 12.6. The fourth-order valence-electron chi connectivity index (χ4n) is 3.35. The number of aromatic nitrogens is 1. The Bertz CT molecular complexity index is 780. The first-order valence-corrected chi connectivity index (χ1v) is 9.41. The van der Waals surface area contributed by atoms with Crippen LogP contribution in [0, 0.1) is 11.3 Å². The second-order valence-corrected chi connectivity index (χ2v) is 7.18. The number of rotatable bonds is 6. The molecule has 1 amide bonds. The van der Waals surface area contributed by atoms with E-state index in [9.17, 15) is 4.79 Å². The number of likely N-dealkylation sites (tertiary alicyclic amines) is 1. The topological polar surface area (TPSA) is 61.1 Å². The number of carbonyl (C=O) groups excluding carboxylic acids is 1. The molecule has 0 unspecified atom stereocenters. The Morgan fingerprint density at radius 3 is 2.96 bits per heavy atom. The number of para-hydroxylation sites is 1. The fraction of sp³-hybridized carbons (Fsp3) is 0.368. The molecule has 1 fully saturated rings. The largest absolute Gasteiger partial charge is 0.353 e. The third-order valence-corrected chi connectivity index (χ3v) is 5.43. The molecule has 2 heterocycles. The molecule has 1 atom stereocenters. The van der Waals surface area contributed by atoms with E-state index >= 15 is 0 Å². The van der Waals surface area contributed by atoms with Crippen LogP contribution in [-0.4, -0.2) is 34.2 Å². The predicted octanol–water partition coefficient (Wildman–Crippen LogP) is 3.42. The number of anilines is 1. The molecule has 1 aliphatic heterocycles. The van der Waals surface area contributed by atoms with E-state index in [1.54, 1.807) is 0 Å². The highest BCUT2D eigenvalue weighted by atomic mass is 32.2. The molecule has 1 N–H and O–H groups in total. The zero-order valence-corrected chi connectivity index (χ0v) is 15.1. The second kappa shape index (κ2) is 8.24. The van der Waals surface area contributed by atoms with Crippen LogP contribution < -0.4 is 5.32 Å². The zero-order valence-electron chi connectivity index (χ0n) is 14.3. The van der Waals surface area contributed by atoms with E-state index in [-0.39, 0.29) is 5.91 Å². The lowest BCUT2D eigenvalue weighted by Gasteiger charge is -2.24. The average Bonchev–Trinajstić information content (AvgIpc) is 3.22. The number of hydrogen-bond acceptors (Lipinski definition) is 4. The zero-order chi connectivity index (χ0) is 17.6. The van der Waals surface area contributed by atoms with Gasteiger partial charge in [0.05, 0.1) is 30.1 Å². The van der Waals surface area contributed by atoms with Gasteiger partial charge in [-0.1, -0.05) is 12.1 Å². The van der Waals surface area contributed by atoms with Gasteiger partial charge in [-0.3, -0.25) is 9.69 Å². The number of aryl methyl sites for hydroxylation is 1. The molecule has 6 heteroatoms. The minimum Gasteiger partial charge on any atom is -0.353 e. The molecule has 0 bridgehead atoms. The highest BCUT2D eigenvalue weighted by molar-refractivity contribution is 7.99. The molecule has 25 heavy (non-hydrogen) atoms. The number of hydrogen-bond donors (Lipinski definition) is 1. The summed E-state index contributed by atoms with van der Waals surface area (Å²) in [6, 6.07) is 14.2. The van der Waals surface area contributed by atoms with E-state index in [4.69, 9.17) is 5.26 Å². The number of nitrogens with one attached hydrogen (secondary N) is 1. The van der Waals surface area contributed by atoms with Gasteiger partial charge in [0.25, 0.3) is 0 Å². The van der Waals surface area contributed by atoms with Crippen LogP contribution in [0.5, 0.6) is 0 Å². The molecule has 0 saturated carbocycles. The van der Waals surface area contributed by atoms with Crippen molar-refractivity contribution in [3.8, 4) is 6.07 Å². The Balaban J connectivity index is 1.65. The summed E-state index contributed by atoms with van der Waals surface area (Å²) in [6.45, 7) is 1.32. The Labute approximate surface area is 152 Å². The summed E-state index contributed by atoms with van der Waals surface area (Å²) < 4.78 is 2.13. The lowest BCUT2D eigenvalue weighted by atomic mass is 10.1. The van der Waals surface area contributed by atoms with Crippen LogP contribution in [-0.2, 0) is 11.8 Å². The number of amides is 1. The second-order valence-electron chi connectivity index (χ2n) is 6.16. The highest BCUT2D eigenvalue weighted by Gasteiger charge is 2.29. The van der Waals surface area contributed by atoms with Crippen molar-refractivity contribution in [3.05, 3.63) is 48.3 Å². The minimum atomic E-state index is -0.00823. The van der Waals surface area contributed by atoms with E-state index in [0.29, 0.717) is 18.3 Å². The predicted molar refractivity (Wildman–Crippen MR) is 100 cm³/mol. The summed E-state index contributed by atoms with van der Waals surface area (Å²) in [4.78, 5) is 15.7. The first kappa shape index (κ1) is 17.6. The Kier molecular flexibility index (Phi) is 5.79. The van der Waals surface area contributed by atoms with E-state index < -0.39 is 0 Å². The Morgan fingerprint density at radius 2 is 2.20 bits per heavy atom. The summed E-state index contributed by atoms with van der Waals surface area (Å²) >= 11 is 1.44. The van der Waals surface area contributed by atoms with Crippen molar-refractivity contribution in [1.82, 2.24) is 9.47 Å². The Hall–Kier alpha value is -2.23. The summed E-state index contributed by atoms with van der Waals surface area (Å²) in [5.74, 6) is 0.361. The van der Waals surface area contributed by atoms with Crippen molar-refractivity contribution < 1.29 is 4.79 Å². The molecule has 1 aliphatic rings. The van der Waals surface area contributed by atoms with Crippen LogP contribution in [0.4, 0.5) is 5.69 Å². The van der Waals surface area contributed by atoms with E-state index in [0.717, 1.165) is 30.0 Å². The van der Waals surface area contributed by atoms with Gasteiger partial charge in [-0.2, -0.15) is 5.26 Å². The van der Waals surface area contributed by atoms with E-state index in [1.165, 1.54) is 17.5 Å². The van der Waals surface area contributed by atoms with Gasteiger partial charge in [-0.15, -0.1) is 11.8 Å². The van der Waals surface area contributed by atoms with E-state index in [2.05, 4.69) is 46.2 Å². The van der Waals surface area contributed by atoms with Crippen LogP contribution in [0.2, 0.25) is 0 Å². The van der Waals surface area contributed by atoms with Crippen LogP contribution in [0.1, 0.15) is 24.6 Å². The molecule has 1 aromatic heterocycles. The number of benzene rings is 1. The van der Waals surface area contributed by atoms with Gasteiger partial charge in [0, 0.05) is 23.8 Å². The van der Waals surface area contributed by atoms with Crippen LogP contribution in [0.15, 0.2) is 47.5 Å². The highest BCUT2D eigenvalue weighted by Crippen LogP contribution is 2.32. The van der Waals surface area contributed by atoms with Crippen molar-refractivity contribution in [3.63, 3.8) is 0 Å². The first-order chi connectivity index (χ1) is 12.2. The number of thioether (sulfide) groups is 1. The monoisotopic (exact) mass is 354 g/mol. The normalized spacial score (nSPS) is 17.4.